The van der Waals surface area contributed by atoms with Crippen LogP contribution in [0.4, 0.5) is 17.1 Å². The topological polar surface area (TPSA) is 8.17 Å². The van der Waals surface area contributed by atoms with Crippen molar-refractivity contribution in [1.29, 1.82) is 0 Å². The third kappa shape index (κ3) is 4.19. The van der Waals surface area contributed by atoms with Crippen molar-refractivity contribution in [2.24, 2.45) is 0 Å². The maximum Gasteiger partial charge on any atom is 0.0547 e. The molecule has 0 spiro atoms. The standard InChI is InChI=1S/C44H30N2/c1-3-17-33(18-4-1)45(34-19-5-2-6-20-34)35-21-13-22-36(30-35)46-41-27-10-9-24-40(41)44-42(46)29-28-32-16-12-26-39(43(32)44)38-25-11-15-31-14-7-8-23-37(31)38/h1-30H. The highest BCUT2D eigenvalue weighted by Crippen LogP contribution is 2.43. The highest BCUT2D eigenvalue weighted by molar-refractivity contribution is 6.25. The minimum Gasteiger partial charge on any atom is -0.310 e. The van der Waals surface area contributed by atoms with Crippen LogP contribution in [0.15, 0.2) is 182 Å². The van der Waals surface area contributed by atoms with Crippen molar-refractivity contribution in [3.8, 4) is 16.8 Å². The molecule has 216 valence electrons. The van der Waals surface area contributed by atoms with E-state index in [0.717, 1.165) is 22.7 Å². The first-order chi connectivity index (χ1) is 22.8. The SMILES string of the molecule is c1ccc(N(c2ccccc2)c2cccc(-n3c4ccccc4c4c5c(-c6cccc7ccccc67)cccc5ccc43)c2)cc1. The van der Waals surface area contributed by atoms with Gasteiger partial charge in [-0.25, -0.2) is 0 Å². The molecule has 0 N–H and O–H groups in total. The van der Waals surface area contributed by atoms with Gasteiger partial charge < -0.3 is 9.47 Å². The minimum absolute atomic E-state index is 1.11. The van der Waals surface area contributed by atoms with Crippen molar-refractivity contribution in [3.05, 3.63) is 182 Å². The number of hydrogen-bond acceptors (Lipinski definition) is 1. The van der Waals surface area contributed by atoms with Crippen LogP contribution in [0.5, 0.6) is 0 Å². The van der Waals surface area contributed by atoms with Crippen molar-refractivity contribution in [2.45, 2.75) is 0 Å². The second-order valence-electron chi connectivity index (χ2n) is 11.8. The van der Waals surface area contributed by atoms with Crippen molar-refractivity contribution in [1.82, 2.24) is 4.57 Å². The van der Waals surface area contributed by atoms with Crippen LogP contribution in [0.2, 0.25) is 0 Å². The van der Waals surface area contributed by atoms with Gasteiger partial charge in [0.1, 0.15) is 0 Å². The van der Waals surface area contributed by atoms with Crippen molar-refractivity contribution in [2.75, 3.05) is 4.90 Å². The van der Waals surface area contributed by atoms with Gasteiger partial charge in [-0.2, -0.15) is 0 Å². The molecule has 0 aliphatic heterocycles. The van der Waals surface area contributed by atoms with E-state index >= 15 is 0 Å². The maximum atomic E-state index is 2.43. The molecule has 0 aliphatic carbocycles. The normalized spacial score (nSPS) is 11.5. The van der Waals surface area contributed by atoms with Gasteiger partial charge in [0.15, 0.2) is 0 Å². The Hall–Kier alpha value is -6.12. The Morgan fingerprint density at radius 2 is 0.935 bits per heavy atom. The van der Waals surface area contributed by atoms with Crippen LogP contribution < -0.4 is 4.90 Å². The Balaban J connectivity index is 1.32. The third-order valence-electron chi connectivity index (χ3n) is 9.13. The first-order valence-electron chi connectivity index (χ1n) is 15.8. The molecule has 9 aromatic rings. The second kappa shape index (κ2) is 10.8. The molecule has 0 saturated carbocycles. The predicted molar refractivity (Wildman–Crippen MR) is 196 cm³/mol. The summed E-state index contributed by atoms with van der Waals surface area (Å²) in [4.78, 5) is 2.32. The molecule has 0 fully saturated rings. The molecule has 0 amide bonds. The number of rotatable bonds is 5. The molecular weight excluding hydrogens is 556 g/mol. The summed E-state index contributed by atoms with van der Waals surface area (Å²) in [5, 5.41) is 7.60. The molecule has 46 heavy (non-hydrogen) atoms. The van der Waals surface area contributed by atoms with Gasteiger partial charge in [0.2, 0.25) is 0 Å². The fourth-order valence-corrected chi connectivity index (χ4v) is 7.17. The highest BCUT2D eigenvalue weighted by Gasteiger charge is 2.19. The Bertz CT molecular complexity index is 2480. The van der Waals surface area contributed by atoms with E-state index in [1.54, 1.807) is 0 Å². The molecule has 0 atom stereocenters. The zero-order valence-corrected chi connectivity index (χ0v) is 25.2. The number of benzene rings is 8. The van der Waals surface area contributed by atoms with Gasteiger partial charge in [-0.15, -0.1) is 0 Å². The summed E-state index contributed by atoms with van der Waals surface area (Å²) in [6.07, 6.45) is 0. The van der Waals surface area contributed by atoms with E-state index in [4.69, 9.17) is 0 Å². The van der Waals surface area contributed by atoms with Gasteiger partial charge in [-0.3, -0.25) is 0 Å². The second-order valence-corrected chi connectivity index (χ2v) is 11.8. The Kier molecular flexibility index (Phi) is 6.17. The van der Waals surface area contributed by atoms with Crippen LogP contribution in [0.3, 0.4) is 0 Å². The predicted octanol–water partition coefficient (Wildman–Crippen LogP) is 12.2. The van der Waals surface area contributed by atoms with E-state index in [1.807, 2.05) is 0 Å². The molecule has 0 aliphatic rings. The van der Waals surface area contributed by atoms with Gasteiger partial charge in [0.05, 0.1) is 11.0 Å². The van der Waals surface area contributed by atoms with Gasteiger partial charge in [0, 0.05) is 33.5 Å². The molecule has 2 nitrogen and oxygen atoms in total. The maximum absolute atomic E-state index is 2.43. The van der Waals surface area contributed by atoms with Crippen molar-refractivity contribution >= 4 is 60.4 Å². The zero-order valence-electron chi connectivity index (χ0n) is 25.2. The molecule has 1 aromatic heterocycles. The number of para-hydroxylation sites is 3. The first kappa shape index (κ1) is 26.3. The van der Waals surface area contributed by atoms with Crippen LogP contribution in [0.1, 0.15) is 0 Å². The quantitative estimate of drug-likeness (QED) is 0.195. The molecule has 0 saturated heterocycles. The third-order valence-corrected chi connectivity index (χ3v) is 9.13. The molecule has 2 heteroatoms. The lowest BCUT2D eigenvalue weighted by molar-refractivity contribution is 1.17. The fraction of sp³-hybridized carbons (Fsp3) is 0. The average molecular weight is 587 g/mol. The van der Waals surface area contributed by atoms with E-state index in [-0.39, 0.29) is 0 Å². The summed E-state index contributed by atoms with van der Waals surface area (Å²) in [6, 6.07) is 65.6. The summed E-state index contributed by atoms with van der Waals surface area (Å²) in [5.41, 5.74) is 9.40. The van der Waals surface area contributed by atoms with Crippen LogP contribution in [0.25, 0.3) is 60.2 Å². The zero-order chi connectivity index (χ0) is 30.5. The van der Waals surface area contributed by atoms with Gasteiger partial charge >= 0.3 is 0 Å². The summed E-state index contributed by atoms with van der Waals surface area (Å²) in [7, 11) is 0. The molecule has 1 heterocycles. The molecule has 0 unspecified atom stereocenters. The van der Waals surface area contributed by atoms with E-state index in [9.17, 15) is 0 Å². The molecule has 8 aromatic carbocycles. The largest absolute Gasteiger partial charge is 0.310 e. The highest BCUT2D eigenvalue weighted by atomic mass is 15.1. The molecular formula is C44H30N2. The first-order valence-corrected chi connectivity index (χ1v) is 15.8. The monoisotopic (exact) mass is 586 g/mol. The van der Waals surface area contributed by atoms with Gasteiger partial charge in [-0.05, 0) is 87.3 Å². The molecule has 0 radical (unpaired) electrons. The summed E-state index contributed by atoms with van der Waals surface area (Å²) in [5.74, 6) is 0. The van der Waals surface area contributed by atoms with Crippen LogP contribution in [-0.2, 0) is 0 Å². The van der Waals surface area contributed by atoms with Gasteiger partial charge in [-0.1, -0.05) is 127 Å². The molecule has 0 bridgehead atoms. The summed E-state index contributed by atoms with van der Waals surface area (Å²) in [6.45, 7) is 0. The van der Waals surface area contributed by atoms with Crippen molar-refractivity contribution < 1.29 is 0 Å². The van der Waals surface area contributed by atoms with Crippen LogP contribution in [-0.4, -0.2) is 4.57 Å². The Morgan fingerprint density at radius 3 is 1.72 bits per heavy atom. The lowest BCUT2D eigenvalue weighted by Crippen LogP contribution is -2.10. The summed E-state index contributed by atoms with van der Waals surface area (Å²) >= 11 is 0. The molecule has 9 rings (SSSR count). The van der Waals surface area contributed by atoms with Crippen LogP contribution >= 0.6 is 0 Å². The number of hydrogen-bond donors (Lipinski definition) is 0. The summed E-state index contributed by atoms with van der Waals surface area (Å²) < 4.78 is 2.43. The fourth-order valence-electron chi connectivity index (χ4n) is 7.17. The van der Waals surface area contributed by atoms with Gasteiger partial charge in [0.25, 0.3) is 0 Å². The lowest BCUT2D eigenvalue weighted by Gasteiger charge is -2.26. The number of aromatic nitrogens is 1. The Labute approximate surface area is 268 Å². The number of nitrogens with zero attached hydrogens (tertiary/aromatic N) is 2. The van der Waals surface area contributed by atoms with Crippen molar-refractivity contribution in [3.63, 3.8) is 0 Å². The van der Waals surface area contributed by atoms with E-state index < -0.39 is 0 Å². The average Bonchev–Trinajstić information content (AvgIpc) is 3.47. The van der Waals surface area contributed by atoms with Crippen LogP contribution in [0, 0.1) is 0 Å². The van der Waals surface area contributed by atoms with E-state index in [1.165, 1.54) is 54.5 Å². The van der Waals surface area contributed by atoms with E-state index in [2.05, 4.69) is 191 Å². The minimum atomic E-state index is 1.11. The smallest absolute Gasteiger partial charge is 0.0547 e. The lowest BCUT2D eigenvalue weighted by atomic mass is 9.92. The Morgan fingerprint density at radius 1 is 0.348 bits per heavy atom. The number of fused-ring (bicyclic) bond motifs is 6. The number of anilines is 3. The van der Waals surface area contributed by atoms with E-state index in [0.29, 0.717) is 0 Å².